The van der Waals surface area contributed by atoms with Crippen LogP contribution in [-0.4, -0.2) is 39.4 Å². The highest BCUT2D eigenvalue weighted by Gasteiger charge is 2.30. The summed E-state index contributed by atoms with van der Waals surface area (Å²) in [5.41, 5.74) is 9.58. The van der Waals surface area contributed by atoms with Gasteiger partial charge in [-0.25, -0.2) is 19.9 Å². The van der Waals surface area contributed by atoms with Crippen molar-refractivity contribution in [1.82, 2.24) is 39.4 Å². The summed E-state index contributed by atoms with van der Waals surface area (Å²) in [5.74, 6) is 1.48. The zero-order valence-corrected chi connectivity index (χ0v) is 28.7. The van der Waals surface area contributed by atoms with E-state index < -0.39 is 11.7 Å². The lowest BCUT2D eigenvalue weighted by atomic mass is 10.1. The Balaban J connectivity index is 0.000000160. The number of rotatable bonds is 6. The summed E-state index contributed by atoms with van der Waals surface area (Å²) in [4.78, 5) is 17.7. The Morgan fingerprint density at radius 1 is 0.667 bits per heavy atom. The van der Waals surface area contributed by atoms with Crippen LogP contribution in [0.15, 0.2) is 94.8 Å². The molecule has 0 amide bonds. The normalized spacial score (nSPS) is 11.7. The second kappa shape index (κ2) is 13.5. The van der Waals surface area contributed by atoms with E-state index in [1.807, 2.05) is 85.8 Å². The third kappa shape index (κ3) is 6.97. The number of benzene rings is 2. The Labute approximate surface area is 294 Å². The molecule has 0 aliphatic rings. The molecule has 8 rings (SSSR count). The first-order valence-corrected chi connectivity index (χ1v) is 16.2. The molecule has 6 heterocycles. The lowest BCUT2D eigenvalue weighted by Gasteiger charge is -2.09. The maximum atomic E-state index is 12.7. The molecular weight excluding hydrogens is 681 g/mol. The molecule has 0 spiro atoms. The first-order valence-electron chi connectivity index (χ1n) is 15.8. The molecule has 0 atom stereocenters. The molecule has 0 saturated carbocycles. The van der Waals surface area contributed by atoms with E-state index in [2.05, 4.69) is 30.2 Å². The van der Waals surface area contributed by atoms with Gasteiger partial charge in [0.1, 0.15) is 17.0 Å². The third-order valence-electron chi connectivity index (χ3n) is 8.48. The maximum absolute atomic E-state index is 12.7. The molecule has 0 aliphatic heterocycles. The van der Waals surface area contributed by atoms with Crippen LogP contribution in [0.5, 0.6) is 0 Å². The van der Waals surface area contributed by atoms with Gasteiger partial charge in [-0.3, -0.25) is 0 Å². The fourth-order valence-electron chi connectivity index (χ4n) is 5.98. The number of alkyl halides is 3. The molecule has 0 aliphatic carbocycles. The standard InChI is InChI=1S/C19H15F3N4O.C18H15ClN4O/c1-11-17(12(2)27-25-11)14-7-16-18(23-8-14)24-10-26(16)9-13-3-5-15(6-4-13)19(20,21)22;1-11-17(12(2)24-22-11)14-7-16-18(20-8-14)23(10-21-16)9-13-3-5-15(19)6-4-13/h3-8,10H,9H2,1-2H3;3-8,10H,9H2,1-2H3. The largest absolute Gasteiger partial charge is 0.416 e. The molecule has 0 fully saturated rings. The second-order valence-corrected chi connectivity index (χ2v) is 12.5. The van der Waals surface area contributed by atoms with Crippen LogP contribution >= 0.6 is 11.6 Å². The van der Waals surface area contributed by atoms with Crippen molar-refractivity contribution < 1.29 is 22.2 Å². The van der Waals surface area contributed by atoms with Crippen molar-refractivity contribution in [3.05, 3.63) is 130 Å². The average Bonchev–Trinajstić information content (AvgIpc) is 3.88. The minimum atomic E-state index is -4.34. The summed E-state index contributed by atoms with van der Waals surface area (Å²) < 4.78 is 52.5. The molecule has 8 aromatic rings. The monoisotopic (exact) mass is 710 g/mol. The van der Waals surface area contributed by atoms with E-state index in [0.717, 1.165) is 84.4 Å². The van der Waals surface area contributed by atoms with Gasteiger partial charge in [-0.1, -0.05) is 46.2 Å². The number of aryl methyl sites for hydroxylation is 4. The van der Waals surface area contributed by atoms with Crippen molar-refractivity contribution in [2.75, 3.05) is 0 Å². The molecule has 0 radical (unpaired) electrons. The van der Waals surface area contributed by atoms with Crippen LogP contribution < -0.4 is 0 Å². The van der Waals surface area contributed by atoms with Gasteiger partial charge in [-0.05, 0) is 75.2 Å². The van der Waals surface area contributed by atoms with E-state index in [0.29, 0.717) is 24.5 Å². The Morgan fingerprint density at radius 3 is 1.80 bits per heavy atom. The predicted octanol–water partition coefficient (Wildman–Crippen LogP) is 9.18. The van der Waals surface area contributed by atoms with Crippen molar-refractivity contribution in [3.8, 4) is 22.3 Å². The summed E-state index contributed by atoms with van der Waals surface area (Å²) in [5, 5.41) is 8.70. The van der Waals surface area contributed by atoms with Gasteiger partial charge in [0.15, 0.2) is 11.3 Å². The fourth-order valence-corrected chi connectivity index (χ4v) is 6.11. The minimum absolute atomic E-state index is 0.390. The topological polar surface area (TPSA) is 113 Å². The summed E-state index contributed by atoms with van der Waals surface area (Å²) in [6.45, 7) is 8.61. The molecule has 258 valence electrons. The van der Waals surface area contributed by atoms with E-state index >= 15 is 0 Å². The molecule has 0 saturated heterocycles. The highest BCUT2D eigenvalue weighted by Crippen LogP contribution is 2.31. The van der Waals surface area contributed by atoms with Crippen LogP contribution in [0, 0.1) is 27.7 Å². The van der Waals surface area contributed by atoms with Gasteiger partial charge in [0.05, 0.1) is 41.7 Å². The van der Waals surface area contributed by atoms with Crippen LogP contribution in [0.25, 0.3) is 44.6 Å². The van der Waals surface area contributed by atoms with Gasteiger partial charge >= 0.3 is 6.18 Å². The van der Waals surface area contributed by atoms with Crippen molar-refractivity contribution in [2.45, 2.75) is 47.0 Å². The molecule has 51 heavy (non-hydrogen) atoms. The van der Waals surface area contributed by atoms with E-state index in [4.69, 9.17) is 20.6 Å². The Hall–Kier alpha value is -5.82. The lowest BCUT2D eigenvalue weighted by molar-refractivity contribution is -0.137. The lowest BCUT2D eigenvalue weighted by Crippen LogP contribution is -2.05. The van der Waals surface area contributed by atoms with Gasteiger partial charge < -0.3 is 18.2 Å². The first-order chi connectivity index (χ1) is 24.4. The van der Waals surface area contributed by atoms with Gasteiger partial charge in [-0.2, -0.15) is 13.2 Å². The Kier molecular flexibility index (Phi) is 8.90. The quantitative estimate of drug-likeness (QED) is 0.168. The number of pyridine rings is 2. The van der Waals surface area contributed by atoms with Crippen LogP contribution in [0.2, 0.25) is 5.02 Å². The minimum Gasteiger partial charge on any atom is -0.361 e. The molecule has 0 N–H and O–H groups in total. The van der Waals surface area contributed by atoms with Gasteiger partial charge in [-0.15, -0.1) is 0 Å². The number of imidazole rings is 2. The fraction of sp³-hybridized carbons (Fsp3) is 0.189. The SMILES string of the molecule is Cc1noc(C)c1-c1cnc2c(c1)ncn2Cc1ccc(Cl)cc1.Cc1noc(C)c1-c1cnc2ncn(Cc3ccc(C(F)(F)F)cc3)c2c1. The summed E-state index contributed by atoms with van der Waals surface area (Å²) in [6, 6.07) is 16.9. The smallest absolute Gasteiger partial charge is 0.361 e. The molecular formula is C37H30ClF3N8O2. The number of fused-ring (bicyclic) bond motifs is 2. The van der Waals surface area contributed by atoms with E-state index in [-0.39, 0.29) is 0 Å². The molecule has 10 nitrogen and oxygen atoms in total. The second-order valence-electron chi connectivity index (χ2n) is 12.1. The van der Waals surface area contributed by atoms with Crippen molar-refractivity contribution >= 4 is 33.9 Å². The van der Waals surface area contributed by atoms with Crippen molar-refractivity contribution in [2.24, 2.45) is 0 Å². The Bertz CT molecular complexity index is 2440. The van der Waals surface area contributed by atoms with E-state index in [1.165, 1.54) is 12.1 Å². The molecule has 2 aromatic carbocycles. The van der Waals surface area contributed by atoms with Crippen LogP contribution in [-0.2, 0) is 19.3 Å². The summed E-state index contributed by atoms with van der Waals surface area (Å²) >= 11 is 5.94. The number of halogens is 4. The number of nitrogens with zero attached hydrogens (tertiary/aromatic N) is 8. The number of hydrogen-bond acceptors (Lipinski definition) is 8. The number of hydrogen-bond donors (Lipinski definition) is 0. The summed E-state index contributed by atoms with van der Waals surface area (Å²) in [6.07, 6.45) is 2.66. The molecule has 6 aromatic heterocycles. The van der Waals surface area contributed by atoms with Gasteiger partial charge in [0, 0.05) is 46.2 Å². The van der Waals surface area contributed by atoms with Gasteiger partial charge in [0.25, 0.3) is 0 Å². The zero-order chi connectivity index (χ0) is 35.9. The van der Waals surface area contributed by atoms with Crippen molar-refractivity contribution in [1.29, 1.82) is 0 Å². The molecule has 0 unspecified atom stereocenters. The number of aromatic nitrogens is 8. The predicted molar refractivity (Wildman–Crippen MR) is 186 cm³/mol. The van der Waals surface area contributed by atoms with Crippen LogP contribution in [0.1, 0.15) is 39.6 Å². The highest BCUT2D eigenvalue weighted by atomic mass is 35.5. The average molecular weight is 711 g/mol. The van der Waals surface area contributed by atoms with Crippen LogP contribution in [0.3, 0.4) is 0 Å². The summed E-state index contributed by atoms with van der Waals surface area (Å²) in [7, 11) is 0. The first kappa shape index (κ1) is 33.7. The highest BCUT2D eigenvalue weighted by molar-refractivity contribution is 6.30. The Morgan fingerprint density at radius 2 is 1.22 bits per heavy atom. The molecule has 14 heteroatoms. The third-order valence-corrected chi connectivity index (χ3v) is 8.73. The van der Waals surface area contributed by atoms with E-state index in [9.17, 15) is 13.2 Å². The van der Waals surface area contributed by atoms with Gasteiger partial charge in [0.2, 0.25) is 0 Å². The molecule has 0 bridgehead atoms. The maximum Gasteiger partial charge on any atom is 0.416 e. The zero-order valence-electron chi connectivity index (χ0n) is 27.9. The van der Waals surface area contributed by atoms with Crippen LogP contribution in [0.4, 0.5) is 13.2 Å². The van der Waals surface area contributed by atoms with Crippen molar-refractivity contribution in [3.63, 3.8) is 0 Å². The van der Waals surface area contributed by atoms with E-state index in [1.54, 1.807) is 12.5 Å².